The van der Waals surface area contributed by atoms with Gasteiger partial charge in [-0.3, -0.25) is 14.5 Å². The molecule has 0 bridgehead atoms. The van der Waals surface area contributed by atoms with E-state index in [2.05, 4.69) is 21.2 Å². The van der Waals surface area contributed by atoms with E-state index < -0.39 is 0 Å². The van der Waals surface area contributed by atoms with Gasteiger partial charge in [-0.1, -0.05) is 12.1 Å². The van der Waals surface area contributed by atoms with Crippen LogP contribution in [0.2, 0.25) is 0 Å². The van der Waals surface area contributed by atoms with Crippen LogP contribution in [0.3, 0.4) is 0 Å². The van der Waals surface area contributed by atoms with Gasteiger partial charge in [0.2, 0.25) is 5.91 Å². The van der Waals surface area contributed by atoms with Crippen LogP contribution in [0, 0.1) is 5.92 Å². The summed E-state index contributed by atoms with van der Waals surface area (Å²) in [7, 11) is 0. The van der Waals surface area contributed by atoms with E-state index in [4.69, 9.17) is 10.5 Å². The van der Waals surface area contributed by atoms with E-state index in [-0.39, 0.29) is 17.7 Å². The number of nitrogens with zero attached hydrogens (tertiary/aromatic N) is 2. The van der Waals surface area contributed by atoms with Crippen LogP contribution in [0.1, 0.15) is 28.8 Å². The zero-order chi connectivity index (χ0) is 21.6. The van der Waals surface area contributed by atoms with Gasteiger partial charge in [-0.15, -0.1) is 0 Å². The van der Waals surface area contributed by atoms with E-state index in [9.17, 15) is 9.59 Å². The lowest BCUT2D eigenvalue weighted by atomic mass is 9.96. The van der Waals surface area contributed by atoms with Crippen molar-refractivity contribution < 1.29 is 14.3 Å². The summed E-state index contributed by atoms with van der Waals surface area (Å²) in [6.07, 6.45) is 1.57. The molecule has 0 atom stereocenters. The number of carbonyl (C=O) groups is 2. The lowest BCUT2D eigenvalue weighted by Gasteiger charge is -2.32. The lowest BCUT2D eigenvalue weighted by molar-refractivity contribution is -0.122. The highest BCUT2D eigenvalue weighted by molar-refractivity contribution is 6.04. The Kier molecular flexibility index (Phi) is 6.84. The molecule has 4 rings (SSSR count). The molecule has 0 saturated carbocycles. The molecule has 164 valence electrons. The van der Waals surface area contributed by atoms with Crippen molar-refractivity contribution in [2.24, 2.45) is 11.7 Å². The van der Waals surface area contributed by atoms with Gasteiger partial charge in [-0.2, -0.15) is 0 Å². The van der Waals surface area contributed by atoms with Crippen molar-refractivity contribution in [2.45, 2.75) is 19.4 Å². The molecule has 2 aromatic rings. The summed E-state index contributed by atoms with van der Waals surface area (Å²) in [5, 5.41) is 2.99. The fourth-order valence-corrected chi connectivity index (χ4v) is 4.21. The van der Waals surface area contributed by atoms with Crippen LogP contribution in [0.4, 0.5) is 11.4 Å². The second-order valence-electron chi connectivity index (χ2n) is 8.25. The van der Waals surface area contributed by atoms with E-state index >= 15 is 0 Å². The Hall–Kier alpha value is -2.90. The molecular formula is C24H30N4O3. The van der Waals surface area contributed by atoms with Gasteiger partial charge in [0, 0.05) is 55.6 Å². The van der Waals surface area contributed by atoms with Crippen LogP contribution in [0.25, 0.3) is 0 Å². The van der Waals surface area contributed by atoms with Gasteiger partial charge in [0.25, 0.3) is 5.91 Å². The zero-order valence-electron chi connectivity index (χ0n) is 17.8. The third-order valence-electron chi connectivity index (χ3n) is 6.09. The number of nitrogens with one attached hydrogen (secondary N) is 1. The third-order valence-corrected chi connectivity index (χ3v) is 6.09. The van der Waals surface area contributed by atoms with Crippen LogP contribution in [-0.4, -0.2) is 56.1 Å². The maximum absolute atomic E-state index is 12.7. The molecule has 31 heavy (non-hydrogen) atoms. The molecule has 2 aliphatic rings. The molecule has 7 heteroatoms. The minimum absolute atomic E-state index is 0.0196. The number of hydrogen-bond acceptors (Lipinski definition) is 5. The van der Waals surface area contributed by atoms with Gasteiger partial charge in [0.15, 0.2) is 0 Å². The first kappa shape index (κ1) is 21.3. The molecule has 2 aromatic carbocycles. The van der Waals surface area contributed by atoms with Gasteiger partial charge >= 0.3 is 0 Å². The molecule has 3 N–H and O–H groups in total. The van der Waals surface area contributed by atoms with Crippen molar-refractivity contribution in [1.82, 2.24) is 4.90 Å². The van der Waals surface area contributed by atoms with Crippen molar-refractivity contribution in [3.63, 3.8) is 0 Å². The van der Waals surface area contributed by atoms with Crippen molar-refractivity contribution in [3.8, 4) is 0 Å². The second-order valence-corrected chi connectivity index (χ2v) is 8.25. The highest BCUT2D eigenvalue weighted by Gasteiger charge is 2.23. The van der Waals surface area contributed by atoms with E-state index in [1.807, 2.05) is 42.5 Å². The molecule has 0 aliphatic carbocycles. The fraction of sp³-hybridized carbons (Fsp3) is 0.417. The summed E-state index contributed by atoms with van der Waals surface area (Å²) in [5.74, 6) is -0.334. The molecule has 2 aliphatic heterocycles. The number of morpholine rings is 1. The molecule has 7 nitrogen and oxygen atoms in total. The highest BCUT2D eigenvalue weighted by Crippen LogP contribution is 2.24. The summed E-state index contributed by atoms with van der Waals surface area (Å²) in [5.41, 5.74) is 9.06. The lowest BCUT2D eigenvalue weighted by Crippen LogP contribution is -2.38. The number of carbonyl (C=O) groups excluding carboxylic acids is 2. The molecular weight excluding hydrogens is 392 g/mol. The first-order valence-corrected chi connectivity index (χ1v) is 10.9. The molecule has 0 radical (unpaired) electrons. The number of benzene rings is 2. The van der Waals surface area contributed by atoms with Gasteiger partial charge in [0.1, 0.15) is 0 Å². The van der Waals surface area contributed by atoms with Crippen molar-refractivity contribution in [2.75, 3.05) is 49.6 Å². The number of ether oxygens (including phenoxy) is 1. The second kappa shape index (κ2) is 9.94. The number of piperidine rings is 1. The van der Waals surface area contributed by atoms with Gasteiger partial charge in [-0.25, -0.2) is 0 Å². The Morgan fingerprint density at radius 2 is 1.71 bits per heavy atom. The highest BCUT2D eigenvalue weighted by atomic mass is 16.5. The predicted octanol–water partition coefficient (Wildman–Crippen LogP) is 2.47. The van der Waals surface area contributed by atoms with Crippen molar-refractivity contribution >= 4 is 23.2 Å². The summed E-state index contributed by atoms with van der Waals surface area (Å²) in [4.78, 5) is 28.7. The van der Waals surface area contributed by atoms with Gasteiger partial charge < -0.3 is 20.7 Å². The Morgan fingerprint density at radius 1 is 1.00 bits per heavy atom. The van der Waals surface area contributed by atoms with E-state index in [1.54, 1.807) is 0 Å². The zero-order valence-corrected chi connectivity index (χ0v) is 17.8. The Labute approximate surface area is 183 Å². The fourth-order valence-electron chi connectivity index (χ4n) is 4.21. The van der Waals surface area contributed by atoms with Crippen molar-refractivity contribution in [1.29, 1.82) is 0 Å². The normalized spacial score (nSPS) is 18.0. The monoisotopic (exact) mass is 422 g/mol. The molecule has 2 heterocycles. The van der Waals surface area contributed by atoms with Crippen LogP contribution >= 0.6 is 0 Å². The predicted molar refractivity (Wildman–Crippen MR) is 121 cm³/mol. The molecule has 2 amide bonds. The number of rotatable bonds is 6. The summed E-state index contributed by atoms with van der Waals surface area (Å²) in [6, 6.07) is 15.7. The summed E-state index contributed by atoms with van der Waals surface area (Å²) in [6.45, 7) is 5.82. The minimum Gasteiger partial charge on any atom is -0.379 e. The quantitative estimate of drug-likeness (QED) is 0.747. The number of primary amides is 1. The third kappa shape index (κ3) is 5.62. The average Bonchev–Trinajstić information content (AvgIpc) is 2.80. The Morgan fingerprint density at radius 3 is 2.39 bits per heavy atom. The van der Waals surface area contributed by atoms with Crippen LogP contribution in [-0.2, 0) is 16.1 Å². The average molecular weight is 423 g/mol. The Bertz CT molecular complexity index is 901. The Balaban J connectivity index is 1.33. The molecule has 0 unspecified atom stereocenters. The van der Waals surface area contributed by atoms with Gasteiger partial charge in [0.05, 0.1) is 13.2 Å². The molecule has 2 fully saturated rings. The standard InChI is InChI=1S/C24H30N4O3/c25-23(29)19-8-10-28(11-9-19)22-6-4-21(5-7-22)26-24(30)20-3-1-2-18(16-20)17-27-12-14-31-15-13-27/h1-7,16,19H,8-15,17H2,(H2,25,29)(H,26,30). The van der Waals surface area contributed by atoms with E-state index in [0.717, 1.165) is 75.7 Å². The minimum atomic E-state index is -0.202. The number of nitrogens with two attached hydrogens (primary N) is 1. The molecule has 0 aromatic heterocycles. The van der Waals surface area contributed by atoms with Crippen LogP contribution in [0.5, 0.6) is 0 Å². The smallest absolute Gasteiger partial charge is 0.255 e. The topological polar surface area (TPSA) is 87.9 Å². The van der Waals surface area contributed by atoms with E-state index in [0.29, 0.717) is 5.56 Å². The van der Waals surface area contributed by atoms with Crippen molar-refractivity contribution in [3.05, 3.63) is 59.7 Å². The van der Waals surface area contributed by atoms with E-state index in [1.165, 1.54) is 0 Å². The first-order valence-electron chi connectivity index (χ1n) is 10.9. The van der Waals surface area contributed by atoms with Crippen LogP contribution in [0.15, 0.2) is 48.5 Å². The SMILES string of the molecule is NC(=O)C1CCN(c2ccc(NC(=O)c3cccc(CN4CCOCC4)c3)cc2)CC1. The number of hydrogen-bond donors (Lipinski definition) is 2. The maximum atomic E-state index is 12.7. The summed E-state index contributed by atoms with van der Waals surface area (Å²) >= 11 is 0. The summed E-state index contributed by atoms with van der Waals surface area (Å²) < 4.78 is 5.40. The molecule has 0 spiro atoms. The largest absolute Gasteiger partial charge is 0.379 e. The van der Waals surface area contributed by atoms with Crippen LogP contribution < -0.4 is 16.0 Å². The number of anilines is 2. The maximum Gasteiger partial charge on any atom is 0.255 e. The number of amides is 2. The molecule has 2 saturated heterocycles. The van der Waals surface area contributed by atoms with Gasteiger partial charge in [-0.05, 0) is 54.8 Å². The first-order chi connectivity index (χ1) is 15.1.